The highest BCUT2D eigenvalue weighted by molar-refractivity contribution is 9.10. The molecule has 0 aliphatic rings. The molecule has 2 N–H and O–H groups in total. The van der Waals surface area contributed by atoms with Gasteiger partial charge in [0.1, 0.15) is 0 Å². The van der Waals surface area contributed by atoms with Gasteiger partial charge < -0.3 is 9.84 Å². The minimum atomic E-state index is -3.78. The summed E-state index contributed by atoms with van der Waals surface area (Å²) in [7, 11) is -2.24. The summed E-state index contributed by atoms with van der Waals surface area (Å²) >= 11 is 3.19. The van der Waals surface area contributed by atoms with Gasteiger partial charge in [0, 0.05) is 24.7 Å². The highest BCUT2D eigenvalue weighted by atomic mass is 79.9. The summed E-state index contributed by atoms with van der Waals surface area (Å²) in [6.45, 7) is 4.11. The van der Waals surface area contributed by atoms with E-state index in [1.54, 1.807) is 14.0 Å². The maximum atomic E-state index is 12.3. The second-order valence-electron chi connectivity index (χ2n) is 4.80. The quantitative estimate of drug-likeness (QED) is 0.755. The van der Waals surface area contributed by atoms with E-state index < -0.39 is 16.0 Å². The van der Waals surface area contributed by atoms with E-state index in [4.69, 9.17) is 9.84 Å². The lowest BCUT2D eigenvalue weighted by Gasteiger charge is -2.14. The van der Waals surface area contributed by atoms with Gasteiger partial charge in [0.05, 0.1) is 10.5 Å². The van der Waals surface area contributed by atoms with E-state index in [1.165, 1.54) is 6.07 Å². The molecule has 1 unspecified atom stereocenters. The van der Waals surface area contributed by atoms with Crippen LogP contribution >= 0.6 is 15.9 Å². The number of nitrogens with one attached hydrogen (secondary N) is 1. The number of benzene rings is 1. The Morgan fingerprint density at radius 1 is 1.48 bits per heavy atom. The van der Waals surface area contributed by atoms with Crippen molar-refractivity contribution in [3.8, 4) is 0 Å². The molecule has 8 heteroatoms. The number of hydrogen-bond donors (Lipinski definition) is 2. The molecule has 118 valence electrons. The molecule has 1 aromatic rings. The Morgan fingerprint density at radius 2 is 2.10 bits per heavy atom. The van der Waals surface area contributed by atoms with Gasteiger partial charge in [-0.1, -0.05) is 22.9 Å². The van der Waals surface area contributed by atoms with Crippen molar-refractivity contribution >= 4 is 31.9 Å². The van der Waals surface area contributed by atoms with Gasteiger partial charge in [0.2, 0.25) is 10.0 Å². The van der Waals surface area contributed by atoms with Crippen LogP contribution in [-0.4, -0.2) is 39.8 Å². The first-order valence-electron chi connectivity index (χ1n) is 6.21. The van der Waals surface area contributed by atoms with Crippen molar-refractivity contribution in [3.05, 3.63) is 27.7 Å². The van der Waals surface area contributed by atoms with Crippen LogP contribution in [0.1, 0.15) is 22.8 Å². The first-order chi connectivity index (χ1) is 9.69. The minimum absolute atomic E-state index is 0.0104. The van der Waals surface area contributed by atoms with Gasteiger partial charge in [0.15, 0.2) is 0 Å². The smallest absolute Gasteiger partial charge is 0.335 e. The third-order valence-electron chi connectivity index (χ3n) is 2.91. The first-order valence-corrected chi connectivity index (χ1v) is 8.48. The zero-order valence-electron chi connectivity index (χ0n) is 12.0. The predicted molar refractivity (Wildman–Crippen MR) is 82.1 cm³/mol. The first kappa shape index (κ1) is 18.1. The average molecular weight is 380 g/mol. The summed E-state index contributed by atoms with van der Waals surface area (Å²) in [5, 5.41) is 9.03. The number of ether oxygens (including phenoxy) is 1. The van der Waals surface area contributed by atoms with Crippen molar-refractivity contribution in [2.75, 3.05) is 20.3 Å². The average Bonchev–Trinajstić information content (AvgIpc) is 2.39. The fourth-order valence-electron chi connectivity index (χ4n) is 1.73. The normalized spacial score (nSPS) is 13.1. The van der Waals surface area contributed by atoms with Crippen LogP contribution in [0.3, 0.4) is 0 Å². The number of carboxylic acid groups (broad SMARTS) is 1. The number of methoxy groups -OCH3 is 1. The molecule has 21 heavy (non-hydrogen) atoms. The van der Waals surface area contributed by atoms with Crippen LogP contribution < -0.4 is 4.72 Å². The molecule has 0 fully saturated rings. The molecule has 6 nitrogen and oxygen atoms in total. The molecular formula is C13H18BrNO5S. The molecule has 0 radical (unpaired) electrons. The number of halogens is 1. The zero-order valence-corrected chi connectivity index (χ0v) is 14.4. The number of rotatable bonds is 7. The van der Waals surface area contributed by atoms with Crippen molar-refractivity contribution < 1.29 is 23.1 Å². The third kappa shape index (κ3) is 4.77. The van der Waals surface area contributed by atoms with Gasteiger partial charge in [-0.05, 0) is 30.5 Å². The molecule has 0 aliphatic carbocycles. The van der Waals surface area contributed by atoms with Gasteiger partial charge in [-0.15, -0.1) is 0 Å². The highest BCUT2D eigenvalue weighted by Crippen LogP contribution is 2.25. The monoisotopic (exact) mass is 379 g/mol. The third-order valence-corrected chi connectivity index (χ3v) is 5.28. The number of carboxylic acids is 1. The summed E-state index contributed by atoms with van der Waals surface area (Å²) < 4.78 is 32.5. The summed E-state index contributed by atoms with van der Waals surface area (Å²) in [5.74, 6) is -1.17. The lowest BCUT2D eigenvalue weighted by atomic mass is 10.1. The van der Waals surface area contributed by atoms with Crippen LogP contribution in [0.25, 0.3) is 0 Å². The van der Waals surface area contributed by atoms with Crippen molar-refractivity contribution in [2.45, 2.75) is 18.7 Å². The number of aromatic carboxylic acids is 1. The zero-order chi connectivity index (χ0) is 16.2. The van der Waals surface area contributed by atoms with Crippen LogP contribution in [0.2, 0.25) is 0 Å². The van der Waals surface area contributed by atoms with Gasteiger partial charge in [-0.3, -0.25) is 0 Å². The Labute approximate surface area is 132 Å². The van der Waals surface area contributed by atoms with Crippen LogP contribution in [0.4, 0.5) is 0 Å². The van der Waals surface area contributed by atoms with Crippen molar-refractivity contribution in [3.63, 3.8) is 0 Å². The van der Waals surface area contributed by atoms with E-state index in [1.807, 2.05) is 6.92 Å². The molecule has 0 bridgehead atoms. The SMILES string of the molecule is COCC(C)CNS(=O)(=O)c1cc(C(=O)O)cc(Br)c1C. The molecule has 0 aliphatic heterocycles. The summed E-state index contributed by atoms with van der Waals surface area (Å²) in [5.41, 5.74) is 0.379. The molecule has 0 aromatic heterocycles. The fraction of sp³-hybridized carbons (Fsp3) is 0.462. The highest BCUT2D eigenvalue weighted by Gasteiger charge is 2.21. The molecule has 0 saturated heterocycles. The van der Waals surface area contributed by atoms with Crippen LogP contribution in [0.5, 0.6) is 0 Å². The maximum Gasteiger partial charge on any atom is 0.335 e. The minimum Gasteiger partial charge on any atom is -0.478 e. The van der Waals surface area contributed by atoms with E-state index >= 15 is 0 Å². The largest absolute Gasteiger partial charge is 0.478 e. The van der Waals surface area contributed by atoms with Crippen molar-refractivity contribution in [1.82, 2.24) is 4.72 Å². The summed E-state index contributed by atoms with van der Waals surface area (Å²) in [4.78, 5) is 11.0. The van der Waals surface area contributed by atoms with Gasteiger partial charge in [-0.2, -0.15) is 0 Å². The number of sulfonamides is 1. The van der Waals surface area contributed by atoms with E-state index in [0.29, 0.717) is 16.6 Å². The molecule has 1 aromatic carbocycles. The Kier molecular flexibility index (Phi) is 6.33. The maximum absolute atomic E-state index is 12.3. The van der Waals surface area contributed by atoms with Crippen molar-refractivity contribution in [2.24, 2.45) is 5.92 Å². The lowest BCUT2D eigenvalue weighted by Crippen LogP contribution is -2.30. The lowest BCUT2D eigenvalue weighted by molar-refractivity contribution is 0.0696. The van der Waals surface area contributed by atoms with Crippen molar-refractivity contribution in [1.29, 1.82) is 0 Å². The Bertz CT molecular complexity index is 630. The van der Waals surface area contributed by atoms with Gasteiger partial charge >= 0.3 is 5.97 Å². The van der Waals surface area contributed by atoms with Crippen LogP contribution in [-0.2, 0) is 14.8 Å². The van der Waals surface area contributed by atoms with Crippen LogP contribution in [0, 0.1) is 12.8 Å². The molecule has 0 saturated carbocycles. The molecule has 0 heterocycles. The van der Waals surface area contributed by atoms with E-state index in [0.717, 1.165) is 6.07 Å². The van der Waals surface area contributed by atoms with E-state index in [2.05, 4.69) is 20.7 Å². The Balaban J connectivity index is 3.10. The molecular weight excluding hydrogens is 362 g/mol. The molecule has 1 atom stereocenters. The molecule has 0 spiro atoms. The fourth-order valence-corrected chi connectivity index (χ4v) is 3.78. The predicted octanol–water partition coefficient (Wildman–Crippen LogP) is 2.02. The number of carbonyl (C=O) groups is 1. The van der Waals surface area contributed by atoms with E-state index in [9.17, 15) is 13.2 Å². The molecule has 1 rings (SSSR count). The summed E-state index contributed by atoms with van der Waals surface area (Å²) in [6, 6.07) is 2.54. The summed E-state index contributed by atoms with van der Waals surface area (Å²) in [6.07, 6.45) is 0. The Hall–Kier alpha value is -0.960. The molecule has 0 amide bonds. The number of hydrogen-bond acceptors (Lipinski definition) is 4. The topological polar surface area (TPSA) is 92.7 Å². The second-order valence-corrected chi connectivity index (χ2v) is 7.39. The van der Waals surface area contributed by atoms with E-state index in [-0.39, 0.29) is 22.9 Å². The van der Waals surface area contributed by atoms with Crippen LogP contribution in [0.15, 0.2) is 21.5 Å². The standard InChI is InChI=1S/C13H18BrNO5S/c1-8(7-20-3)6-15-21(18,19)12-5-10(13(16)17)4-11(14)9(12)2/h4-5,8,15H,6-7H2,1-3H3,(H,16,17). The van der Waals surface area contributed by atoms with Gasteiger partial charge in [0.25, 0.3) is 0 Å². The van der Waals surface area contributed by atoms with Gasteiger partial charge in [-0.25, -0.2) is 17.9 Å². The Morgan fingerprint density at radius 3 is 2.62 bits per heavy atom. The second kappa shape index (κ2) is 7.35.